The summed E-state index contributed by atoms with van der Waals surface area (Å²) in [5.41, 5.74) is 1.02. The maximum atomic E-state index is 10.1. The molecule has 1 saturated heterocycles. The summed E-state index contributed by atoms with van der Waals surface area (Å²) in [6.07, 6.45) is 3.69. The minimum atomic E-state index is -0.0257. The van der Waals surface area contributed by atoms with E-state index < -0.39 is 0 Å². The molecule has 1 unspecified atom stereocenters. The lowest BCUT2D eigenvalue weighted by molar-refractivity contribution is 0.0248. The molecule has 0 saturated carbocycles. The van der Waals surface area contributed by atoms with Crippen LogP contribution in [0.3, 0.4) is 0 Å². The summed E-state index contributed by atoms with van der Waals surface area (Å²) < 4.78 is 19.3. The van der Waals surface area contributed by atoms with Crippen molar-refractivity contribution < 1.29 is 19.3 Å². The Bertz CT molecular complexity index is 1260. The SMILES string of the molecule is COc1ccc(-c2sc3cc(O)ccc3c2Oc2ccccc2OC(C)N2CCCCC2)cc1. The summed E-state index contributed by atoms with van der Waals surface area (Å²) in [4.78, 5) is 3.37. The molecule has 176 valence electrons. The number of rotatable bonds is 7. The largest absolute Gasteiger partial charge is 0.508 e. The molecule has 2 heterocycles. The third kappa shape index (κ3) is 4.69. The van der Waals surface area contributed by atoms with Crippen LogP contribution in [0.2, 0.25) is 0 Å². The first-order chi connectivity index (χ1) is 16.6. The van der Waals surface area contributed by atoms with E-state index in [9.17, 15) is 5.11 Å². The van der Waals surface area contributed by atoms with Gasteiger partial charge in [-0.25, -0.2) is 0 Å². The van der Waals surface area contributed by atoms with Gasteiger partial charge in [-0.15, -0.1) is 11.3 Å². The molecule has 0 amide bonds. The van der Waals surface area contributed by atoms with E-state index in [1.807, 2.05) is 54.6 Å². The van der Waals surface area contributed by atoms with E-state index in [-0.39, 0.29) is 12.0 Å². The van der Waals surface area contributed by atoms with Gasteiger partial charge in [-0.1, -0.05) is 18.6 Å². The number of para-hydroxylation sites is 2. The molecule has 1 N–H and O–H groups in total. The lowest BCUT2D eigenvalue weighted by atomic mass is 10.1. The zero-order valence-electron chi connectivity index (χ0n) is 19.5. The van der Waals surface area contributed by atoms with Crippen LogP contribution in [0.25, 0.3) is 20.5 Å². The number of phenolic OH excluding ortho intramolecular Hbond substituents is 1. The molecule has 0 bridgehead atoms. The Labute approximate surface area is 204 Å². The molecule has 0 aliphatic carbocycles. The van der Waals surface area contributed by atoms with Crippen molar-refractivity contribution in [3.63, 3.8) is 0 Å². The Kier molecular flexibility index (Phi) is 6.61. The Balaban J connectivity index is 1.51. The van der Waals surface area contributed by atoms with Gasteiger partial charge in [0, 0.05) is 23.2 Å². The van der Waals surface area contributed by atoms with Crippen molar-refractivity contribution in [2.45, 2.75) is 32.4 Å². The summed E-state index contributed by atoms with van der Waals surface area (Å²) >= 11 is 1.59. The van der Waals surface area contributed by atoms with Gasteiger partial charge in [0.05, 0.1) is 12.0 Å². The summed E-state index contributed by atoms with van der Waals surface area (Å²) in [7, 11) is 1.66. The first kappa shape index (κ1) is 22.6. The molecule has 1 aliphatic rings. The highest BCUT2D eigenvalue weighted by Crippen LogP contribution is 2.48. The topological polar surface area (TPSA) is 51.2 Å². The van der Waals surface area contributed by atoms with Gasteiger partial charge in [0.1, 0.15) is 17.7 Å². The molecule has 34 heavy (non-hydrogen) atoms. The first-order valence-corrected chi connectivity index (χ1v) is 12.5. The predicted octanol–water partition coefficient (Wildman–Crippen LogP) is 7.29. The Morgan fingerprint density at radius 3 is 2.38 bits per heavy atom. The molecule has 1 aromatic heterocycles. The van der Waals surface area contributed by atoms with Crippen molar-refractivity contribution in [2.24, 2.45) is 0 Å². The molecule has 1 fully saturated rings. The van der Waals surface area contributed by atoms with E-state index >= 15 is 0 Å². The zero-order valence-corrected chi connectivity index (χ0v) is 20.3. The van der Waals surface area contributed by atoms with Crippen molar-refractivity contribution in [2.75, 3.05) is 20.2 Å². The smallest absolute Gasteiger partial charge is 0.169 e. The molecule has 3 aromatic carbocycles. The van der Waals surface area contributed by atoms with Gasteiger partial charge < -0.3 is 19.3 Å². The minimum Gasteiger partial charge on any atom is -0.508 e. The van der Waals surface area contributed by atoms with Crippen LogP contribution in [0.15, 0.2) is 66.7 Å². The monoisotopic (exact) mass is 475 g/mol. The maximum absolute atomic E-state index is 10.1. The molecule has 4 aromatic rings. The van der Waals surface area contributed by atoms with Gasteiger partial charge in [-0.3, -0.25) is 4.90 Å². The molecule has 0 radical (unpaired) electrons. The van der Waals surface area contributed by atoms with Crippen LogP contribution in [0.5, 0.6) is 28.7 Å². The third-order valence-corrected chi connectivity index (χ3v) is 7.43. The third-order valence-electron chi connectivity index (χ3n) is 6.24. The standard InChI is InChI=1S/C28H29NO4S/c1-19(29-16-6-3-7-17-29)32-24-8-4-5-9-25(24)33-27-23-15-12-21(30)18-26(23)34-28(27)20-10-13-22(31-2)14-11-20/h4-5,8-15,18-19,30H,3,6-7,16-17H2,1-2H3. The number of methoxy groups -OCH3 is 1. The van der Waals surface area contributed by atoms with Gasteiger partial charge in [-0.05, 0) is 79.9 Å². The lowest BCUT2D eigenvalue weighted by Crippen LogP contribution is -2.40. The zero-order chi connectivity index (χ0) is 23.5. The number of piperidine rings is 1. The van der Waals surface area contributed by atoms with Gasteiger partial charge in [-0.2, -0.15) is 0 Å². The second-order valence-corrected chi connectivity index (χ2v) is 9.58. The van der Waals surface area contributed by atoms with E-state index in [4.69, 9.17) is 14.2 Å². The van der Waals surface area contributed by atoms with Crippen LogP contribution in [-0.4, -0.2) is 36.4 Å². The highest BCUT2D eigenvalue weighted by molar-refractivity contribution is 7.22. The summed E-state index contributed by atoms with van der Waals surface area (Å²) in [6.45, 7) is 4.22. The molecule has 6 heteroatoms. The number of hydrogen-bond donors (Lipinski definition) is 1. The van der Waals surface area contributed by atoms with Crippen LogP contribution in [0.4, 0.5) is 0 Å². The Morgan fingerprint density at radius 1 is 0.912 bits per heavy atom. The number of benzene rings is 3. The Morgan fingerprint density at radius 2 is 1.65 bits per heavy atom. The number of aromatic hydroxyl groups is 1. The number of phenols is 1. The van der Waals surface area contributed by atoms with Crippen LogP contribution in [0, 0.1) is 0 Å². The molecular weight excluding hydrogens is 446 g/mol. The van der Waals surface area contributed by atoms with Gasteiger partial charge in [0.15, 0.2) is 17.2 Å². The molecule has 0 spiro atoms. The number of ether oxygens (including phenoxy) is 3. The summed E-state index contributed by atoms with van der Waals surface area (Å²) in [6, 6.07) is 21.2. The number of thiophene rings is 1. The summed E-state index contributed by atoms with van der Waals surface area (Å²) in [5, 5.41) is 11.0. The number of hydrogen-bond acceptors (Lipinski definition) is 6. The number of fused-ring (bicyclic) bond motifs is 1. The van der Waals surface area contributed by atoms with E-state index in [0.717, 1.165) is 50.9 Å². The van der Waals surface area contributed by atoms with Crippen LogP contribution >= 0.6 is 11.3 Å². The molecule has 1 aliphatic heterocycles. The molecule has 1 atom stereocenters. The summed E-state index contributed by atoms with van der Waals surface area (Å²) in [5.74, 6) is 3.19. The first-order valence-electron chi connectivity index (χ1n) is 11.7. The molecule has 5 rings (SSSR count). The second kappa shape index (κ2) is 9.95. The minimum absolute atomic E-state index is 0.0257. The van der Waals surface area contributed by atoms with Crippen molar-refractivity contribution in [1.29, 1.82) is 0 Å². The van der Waals surface area contributed by atoms with E-state index in [1.54, 1.807) is 30.6 Å². The van der Waals surface area contributed by atoms with Crippen molar-refractivity contribution in [3.05, 3.63) is 66.7 Å². The van der Waals surface area contributed by atoms with Crippen LogP contribution < -0.4 is 14.2 Å². The van der Waals surface area contributed by atoms with Crippen molar-refractivity contribution >= 4 is 21.4 Å². The normalized spacial score (nSPS) is 15.2. The fourth-order valence-corrected chi connectivity index (χ4v) is 5.55. The number of nitrogens with zero attached hydrogens (tertiary/aromatic N) is 1. The van der Waals surface area contributed by atoms with Gasteiger partial charge in [0.2, 0.25) is 0 Å². The lowest BCUT2D eigenvalue weighted by Gasteiger charge is -2.32. The quantitative estimate of drug-likeness (QED) is 0.304. The average Bonchev–Trinajstić information content (AvgIpc) is 3.23. The van der Waals surface area contributed by atoms with Crippen molar-refractivity contribution in [3.8, 4) is 39.2 Å². The molecular formula is C28H29NO4S. The van der Waals surface area contributed by atoms with Crippen molar-refractivity contribution in [1.82, 2.24) is 4.90 Å². The van der Waals surface area contributed by atoms with Crippen LogP contribution in [0.1, 0.15) is 26.2 Å². The fourth-order valence-electron chi connectivity index (χ4n) is 4.38. The second-order valence-electron chi connectivity index (χ2n) is 8.53. The highest BCUT2D eigenvalue weighted by Gasteiger charge is 2.21. The van der Waals surface area contributed by atoms with Gasteiger partial charge in [0.25, 0.3) is 0 Å². The van der Waals surface area contributed by atoms with Gasteiger partial charge >= 0.3 is 0 Å². The predicted molar refractivity (Wildman–Crippen MR) is 138 cm³/mol. The number of likely N-dealkylation sites (tertiary alicyclic amines) is 1. The van der Waals surface area contributed by atoms with E-state index in [1.165, 1.54) is 19.3 Å². The van der Waals surface area contributed by atoms with E-state index in [0.29, 0.717) is 5.75 Å². The Hall–Kier alpha value is -3.22. The van der Waals surface area contributed by atoms with Crippen LogP contribution in [-0.2, 0) is 0 Å². The fraction of sp³-hybridized carbons (Fsp3) is 0.286. The average molecular weight is 476 g/mol. The molecule has 5 nitrogen and oxygen atoms in total. The highest BCUT2D eigenvalue weighted by atomic mass is 32.1. The van der Waals surface area contributed by atoms with E-state index in [2.05, 4.69) is 11.8 Å². The maximum Gasteiger partial charge on any atom is 0.169 e.